The molecule has 0 saturated heterocycles. The van der Waals surface area contributed by atoms with Gasteiger partial charge in [-0.25, -0.2) is 4.98 Å². The van der Waals surface area contributed by atoms with Crippen molar-refractivity contribution in [3.05, 3.63) is 12.2 Å². The Kier molecular flexibility index (Phi) is 4.84. The van der Waals surface area contributed by atoms with Crippen LogP contribution in [-0.4, -0.2) is 38.8 Å². The summed E-state index contributed by atoms with van der Waals surface area (Å²) >= 11 is 0. The third-order valence-electron chi connectivity index (χ3n) is 2.34. The number of amides is 1. The van der Waals surface area contributed by atoms with Gasteiger partial charge in [-0.3, -0.25) is 9.48 Å². The third kappa shape index (κ3) is 5.27. The van der Waals surface area contributed by atoms with Crippen molar-refractivity contribution in [2.24, 2.45) is 7.05 Å². The summed E-state index contributed by atoms with van der Waals surface area (Å²) in [6.07, 6.45) is 2.39. The SMILES string of the molecule is CC(NCCc1ncn(C)n1)C(=O)NC(C)(C)C. The molecule has 0 aromatic carbocycles. The largest absolute Gasteiger partial charge is 0.350 e. The normalized spacial score (nSPS) is 13.4. The van der Waals surface area contributed by atoms with E-state index in [9.17, 15) is 4.79 Å². The molecule has 0 aliphatic rings. The molecular formula is C12H23N5O. The van der Waals surface area contributed by atoms with Crippen molar-refractivity contribution in [2.75, 3.05) is 6.54 Å². The zero-order valence-corrected chi connectivity index (χ0v) is 11.8. The van der Waals surface area contributed by atoms with Crippen LogP contribution in [0.25, 0.3) is 0 Å². The molecule has 6 nitrogen and oxygen atoms in total. The van der Waals surface area contributed by atoms with Crippen LogP contribution >= 0.6 is 0 Å². The van der Waals surface area contributed by atoms with E-state index in [0.29, 0.717) is 13.0 Å². The molecular weight excluding hydrogens is 230 g/mol. The van der Waals surface area contributed by atoms with Crippen LogP contribution < -0.4 is 10.6 Å². The monoisotopic (exact) mass is 253 g/mol. The minimum Gasteiger partial charge on any atom is -0.350 e. The van der Waals surface area contributed by atoms with Gasteiger partial charge in [-0.1, -0.05) is 0 Å². The lowest BCUT2D eigenvalue weighted by Crippen LogP contribution is -2.49. The fourth-order valence-corrected chi connectivity index (χ4v) is 1.47. The molecule has 1 amide bonds. The van der Waals surface area contributed by atoms with Gasteiger partial charge in [-0.2, -0.15) is 5.10 Å². The summed E-state index contributed by atoms with van der Waals surface area (Å²) in [5.41, 5.74) is -0.199. The average molecular weight is 253 g/mol. The van der Waals surface area contributed by atoms with Crippen LogP contribution in [0, 0.1) is 0 Å². The van der Waals surface area contributed by atoms with Crippen LogP contribution in [0.1, 0.15) is 33.5 Å². The van der Waals surface area contributed by atoms with Crippen LogP contribution in [0.2, 0.25) is 0 Å². The van der Waals surface area contributed by atoms with Crippen LogP contribution in [0.3, 0.4) is 0 Å². The first-order valence-corrected chi connectivity index (χ1v) is 6.18. The lowest BCUT2D eigenvalue weighted by atomic mass is 10.1. The van der Waals surface area contributed by atoms with E-state index < -0.39 is 0 Å². The quantitative estimate of drug-likeness (QED) is 0.789. The van der Waals surface area contributed by atoms with Gasteiger partial charge in [0.1, 0.15) is 6.33 Å². The molecule has 1 atom stereocenters. The van der Waals surface area contributed by atoms with Gasteiger partial charge >= 0.3 is 0 Å². The maximum Gasteiger partial charge on any atom is 0.237 e. The molecule has 0 saturated carbocycles. The van der Waals surface area contributed by atoms with Gasteiger partial charge in [0, 0.05) is 25.6 Å². The minimum atomic E-state index is -0.215. The van der Waals surface area contributed by atoms with E-state index in [1.165, 1.54) is 0 Å². The molecule has 0 radical (unpaired) electrons. The molecule has 1 heterocycles. The topological polar surface area (TPSA) is 71.8 Å². The first-order chi connectivity index (χ1) is 8.28. The van der Waals surface area contributed by atoms with Crippen molar-refractivity contribution in [3.63, 3.8) is 0 Å². The van der Waals surface area contributed by atoms with Crippen molar-refractivity contribution in [2.45, 2.75) is 45.7 Å². The number of nitrogens with zero attached hydrogens (tertiary/aromatic N) is 3. The minimum absolute atomic E-state index is 0.0106. The molecule has 0 fully saturated rings. The zero-order chi connectivity index (χ0) is 13.8. The van der Waals surface area contributed by atoms with E-state index in [2.05, 4.69) is 20.7 Å². The molecule has 1 unspecified atom stereocenters. The molecule has 1 aromatic heterocycles. The van der Waals surface area contributed by atoms with Gasteiger partial charge in [0.2, 0.25) is 5.91 Å². The summed E-state index contributed by atoms with van der Waals surface area (Å²) in [5, 5.41) is 10.3. The molecule has 1 aromatic rings. The van der Waals surface area contributed by atoms with Crippen molar-refractivity contribution < 1.29 is 4.79 Å². The molecule has 0 spiro atoms. The van der Waals surface area contributed by atoms with Crippen molar-refractivity contribution in [1.29, 1.82) is 0 Å². The predicted octanol–water partition coefficient (Wildman–Crippen LogP) is 0.250. The molecule has 0 aliphatic carbocycles. The van der Waals surface area contributed by atoms with Crippen LogP contribution in [0.15, 0.2) is 6.33 Å². The van der Waals surface area contributed by atoms with E-state index in [1.807, 2.05) is 34.7 Å². The molecule has 0 aliphatic heterocycles. The van der Waals surface area contributed by atoms with Gasteiger partial charge < -0.3 is 10.6 Å². The van der Waals surface area contributed by atoms with E-state index in [0.717, 1.165) is 5.82 Å². The summed E-state index contributed by atoms with van der Waals surface area (Å²) in [5.74, 6) is 0.796. The van der Waals surface area contributed by atoms with Crippen molar-refractivity contribution in [3.8, 4) is 0 Å². The number of aromatic nitrogens is 3. The Morgan fingerprint density at radius 3 is 2.67 bits per heavy atom. The maximum atomic E-state index is 11.8. The Labute approximate surface area is 108 Å². The fourth-order valence-electron chi connectivity index (χ4n) is 1.47. The van der Waals surface area contributed by atoms with Gasteiger partial charge in [-0.05, 0) is 27.7 Å². The second-order valence-electron chi connectivity index (χ2n) is 5.50. The third-order valence-corrected chi connectivity index (χ3v) is 2.34. The summed E-state index contributed by atoms with van der Waals surface area (Å²) in [6.45, 7) is 8.44. The van der Waals surface area contributed by atoms with Crippen molar-refractivity contribution >= 4 is 5.91 Å². The average Bonchev–Trinajstić information content (AvgIpc) is 2.61. The van der Waals surface area contributed by atoms with Gasteiger partial charge in [0.05, 0.1) is 6.04 Å². The number of rotatable bonds is 5. The summed E-state index contributed by atoms with van der Waals surface area (Å²) in [4.78, 5) is 15.9. The molecule has 1 rings (SSSR count). The molecule has 102 valence electrons. The lowest BCUT2D eigenvalue weighted by Gasteiger charge is -2.23. The molecule has 2 N–H and O–H groups in total. The second-order valence-corrected chi connectivity index (χ2v) is 5.50. The number of carbonyl (C=O) groups excluding carboxylic acids is 1. The van der Waals surface area contributed by atoms with Gasteiger partial charge in [0.15, 0.2) is 5.82 Å². The standard InChI is InChI=1S/C12H23N5O/c1-9(11(18)15-12(2,3)4)13-7-6-10-14-8-17(5)16-10/h8-9,13H,6-7H2,1-5H3,(H,15,18). The van der Waals surface area contributed by atoms with Crippen LogP contribution in [0.5, 0.6) is 0 Å². The number of nitrogens with one attached hydrogen (secondary N) is 2. The molecule has 0 bridgehead atoms. The Morgan fingerprint density at radius 2 is 2.17 bits per heavy atom. The first-order valence-electron chi connectivity index (χ1n) is 6.18. The second kappa shape index (κ2) is 5.95. The Balaban J connectivity index is 2.28. The van der Waals surface area contributed by atoms with E-state index in [4.69, 9.17) is 0 Å². The number of carbonyl (C=O) groups is 1. The maximum absolute atomic E-state index is 11.8. The van der Waals surface area contributed by atoms with Crippen molar-refractivity contribution in [1.82, 2.24) is 25.4 Å². The lowest BCUT2D eigenvalue weighted by molar-refractivity contribution is -0.124. The zero-order valence-electron chi connectivity index (χ0n) is 11.8. The summed E-state index contributed by atoms with van der Waals surface area (Å²) in [7, 11) is 1.84. The number of hydrogen-bond donors (Lipinski definition) is 2. The highest BCUT2D eigenvalue weighted by Crippen LogP contribution is 1.99. The Morgan fingerprint density at radius 1 is 1.50 bits per heavy atom. The smallest absolute Gasteiger partial charge is 0.237 e. The predicted molar refractivity (Wildman–Crippen MR) is 70.1 cm³/mol. The summed E-state index contributed by atoms with van der Waals surface area (Å²) < 4.78 is 1.67. The molecule has 6 heteroatoms. The highest BCUT2D eigenvalue weighted by molar-refractivity contribution is 5.81. The first kappa shape index (κ1) is 14.6. The highest BCUT2D eigenvalue weighted by atomic mass is 16.2. The summed E-state index contributed by atoms with van der Waals surface area (Å²) in [6, 6.07) is -0.215. The number of aryl methyl sites for hydroxylation is 1. The Bertz CT molecular complexity index is 393. The van der Waals surface area contributed by atoms with Crippen LogP contribution in [-0.2, 0) is 18.3 Å². The van der Waals surface area contributed by atoms with Crippen LogP contribution in [0.4, 0.5) is 0 Å². The molecule has 18 heavy (non-hydrogen) atoms. The van der Waals surface area contributed by atoms with E-state index in [1.54, 1.807) is 11.0 Å². The van der Waals surface area contributed by atoms with E-state index in [-0.39, 0.29) is 17.5 Å². The number of hydrogen-bond acceptors (Lipinski definition) is 4. The Hall–Kier alpha value is -1.43. The fraction of sp³-hybridized carbons (Fsp3) is 0.750. The van der Waals surface area contributed by atoms with E-state index >= 15 is 0 Å². The van der Waals surface area contributed by atoms with Gasteiger partial charge in [-0.15, -0.1) is 0 Å². The highest BCUT2D eigenvalue weighted by Gasteiger charge is 2.18. The van der Waals surface area contributed by atoms with Gasteiger partial charge in [0.25, 0.3) is 0 Å².